The quantitative estimate of drug-likeness (QED) is 0.810. The van der Waals surface area contributed by atoms with E-state index < -0.39 is 5.63 Å². The third-order valence-electron chi connectivity index (χ3n) is 2.53. The molecule has 0 aliphatic heterocycles. The molecule has 0 radical (unpaired) electrons. The van der Waals surface area contributed by atoms with Gasteiger partial charge < -0.3 is 24.1 Å². The summed E-state index contributed by atoms with van der Waals surface area (Å²) in [6.07, 6.45) is -0.268. The third-order valence-corrected chi connectivity index (χ3v) is 2.53. The molecular weight excluding hydrogens is 264 g/mol. The first-order valence-electron chi connectivity index (χ1n) is 6.23. The van der Waals surface area contributed by atoms with Crippen molar-refractivity contribution in [2.24, 2.45) is 0 Å². The van der Waals surface area contributed by atoms with Crippen LogP contribution in [-0.2, 0) is 0 Å². The molecule has 1 heterocycles. The van der Waals surface area contributed by atoms with Crippen LogP contribution in [0.1, 0.15) is 13.8 Å². The highest BCUT2D eigenvalue weighted by Gasteiger charge is 2.18. The first-order valence-corrected chi connectivity index (χ1v) is 6.23. The van der Waals surface area contributed by atoms with Gasteiger partial charge in [-0.25, -0.2) is 4.79 Å². The minimum absolute atomic E-state index is 0.0633. The molecule has 2 aromatic rings. The summed E-state index contributed by atoms with van der Waals surface area (Å²) in [6.45, 7) is 3.38. The van der Waals surface area contributed by atoms with E-state index in [2.05, 4.69) is 0 Å². The lowest BCUT2D eigenvalue weighted by molar-refractivity contribution is 0.200. The fraction of sp³-hybridized carbons (Fsp3) is 0.357. The summed E-state index contributed by atoms with van der Waals surface area (Å²) in [5, 5.41) is 19.2. The van der Waals surface area contributed by atoms with Crippen molar-refractivity contribution < 1.29 is 24.1 Å². The van der Waals surface area contributed by atoms with E-state index in [1.165, 1.54) is 0 Å². The van der Waals surface area contributed by atoms with Gasteiger partial charge >= 0.3 is 5.63 Å². The predicted molar refractivity (Wildman–Crippen MR) is 72.5 cm³/mol. The summed E-state index contributed by atoms with van der Waals surface area (Å²) < 4.78 is 15.7. The zero-order chi connectivity index (χ0) is 14.7. The molecule has 0 unspecified atom stereocenters. The van der Waals surface area contributed by atoms with Crippen LogP contribution in [0.4, 0.5) is 0 Å². The molecule has 6 nitrogen and oxygen atoms in total. The molecule has 0 amide bonds. The molecule has 1 aromatic heterocycles. The lowest BCUT2D eigenvalue weighted by atomic mass is 10.2. The molecule has 0 aliphatic carbocycles. The molecule has 0 saturated heterocycles. The van der Waals surface area contributed by atoms with Crippen molar-refractivity contribution in [2.75, 3.05) is 13.2 Å². The van der Waals surface area contributed by atoms with E-state index in [1.54, 1.807) is 32.0 Å². The summed E-state index contributed by atoms with van der Waals surface area (Å²) in [5.41, 5.74) is -0.650. The maximum Gasteiger partial charge on any atom is 0.383 e. The Hall–Kier alpha value is -2.21. The number of aliphatic hydroxyl groups excluding tert-OH is 1. The van der Waals surface area contributed by atoms with Gasteiger partial charge in [0.05, 0.1) is 18.1 Å². The Morgan fingerprint density at radius 3 is 2.75 bits per heavy atom. The summed E-state index contributed by atoms with van der Waals surface area (Å²) in [5.74, 6) is -0.216. The van der Waals surface area contributed by atoms with E-state index in [4.69, 9.17) is 19.0 Å². The Kier molecular flexibility index (Phi) is 4.14. The van der Waals surface area contributed by atoms with Crippen LogP contribution in [0.15, 0.2) is 27.4 Å². The van der Waals surface area contributed by atoms with Gasteiger partial charge in [-0.05, 0) is 26.0 Å². The van der Waals surface area contributed by atoms with Gasteiger partial charge in [0.25, 0.3) is 0 Å². The van der Waals surface area contributed by atoms with E-state index in [0.717, 1.165) is 0 Å². The lowest BCUT2D eigenvalue weighted by Gasteiger charge is -2.12. The van der Waals surface area contributed by atoms with Gasteiger partial charge in [-0.15, -0.1) is 0 Å². The predicted octanol–water partition coefficient (Wildman–Crippen LogP) is 1.66. The molecule has 108 valence electrons. The molecule has 2 N–H and O–H groups in total. The summed E-state index contributed by atoms with van der Waals surface area (Å²) >= 11 is 0. The first kappa shape index (κ1) is 14.2. The monoisotopic (exact) mass is 280 g/mol. The standard InChI is InChI=1S/C14H16O6/c1-8(2)19-13-11(16)9-4-3-5-10(18-7-6-15)12(9)20-14(13)17/h3-5,8,15-16H,6-7H2,1-2H3. The van der Waals surface area contributed by atoms with Crippen LogP contribution < -0.4 is 15.1 Å². The Labute approximate surface area is 115 Å². The smallest absolute Gasteiger partial charge is 0.383 e. The van der Waals surface area contributed by atoms with Crippen LogP contribution in [0.2, 0.25) is 0 Å². The number of benzene rings is 1. The van der Waals surface area contributed by atoms with Crippen LogP contribution in [-0.4, -0.2) is 29.5 Å². The van der Waals surface area contributed by atoms with Gasteiger partial charge in [-0.3, -0.25) is 0 Å². The van der Waals surface area contributed by atoms with E-state index in [-0.39, 0.29) is 42.1 Å². The normalized spacial score (nSPS) is 11.0. The molecule has 0 spiro atoms. The summed E-state index contributed by atoms with van der Waals surface area (Å²) in [6, 6.07) is 4.82. The first-order chi connectivity index (χ1) is 9.54. The topological polar surface area (TPSA) is 89.1 Å². The van der Waals surface area contributed by atoms with Crippen molar-refractivity contribution in [3.63, 3.8) is 0 Å². The van der Waals surface area contributed by atoms with Crippen LogP contribution >= 0.6 is 0 Å². The minimum Gasteiger partial charge on any atom is -0.504 e. The molecule has 1 aromatic carbocycles. The molecule has 0 atom stereocenters. The van der Waals surface area contributed by atoms with E-state index in [9.17, 15) is 9.90 Å². The van der Waals surface area contributed by atoms with Crippen molar-refractivity contribution in [2.45, 2.75) is 20.0 Å². The second kappa shape index (κ2) is 5.83. The van der Waals surface area contributed by atoms with Crippen molar-refractivity contribution in [3.8, 4) is 17.2 Å². The van der Waals surface area contributed by atoms with E-state index >= 15 is 0 Å². The molecule has 2 rings (SSSR count). The van der Waals surface area contributed by atoms with Gasteiger partial charge in [0, 0.05) is 0 Å². The molecular formula is C14H16O6. The van der Waals surface area contributed by atoms with Crippen LogP contribution in [0, 0.1) is 0 Å². The maximum absolute atomic E-state index is 11.9. The van der Waals surface area contributed by atoms with Crippen molar-refractivity contribution in [1.29, 1.82) is 0 Å². The number of para-hydroxylation sites is 1. The average Bonchev–Trinajstić information content (AvgIpc) is 2.41. The lowest BCUT2D eigenvalue weighted by Crippen LogP contribution is -2.13. The minimum atomic E-state index is -0.774. The van der Waals surface area contributed by atoms with Gasteiger partial charge in [0.2, 0.25) is 5.75 Å². The fourth-order valence-electron chi connectivity index (χ4n) is 1.77. The second-order valence-corrected chi connectivity index (χ2v) is 4.44. The Morgan fingerprint density at radius 2 is 2.10 bits per heavy atom. The van der Waals surface area contributed by atoms with Crippen LogP contribution in [0.3, 0.4) is 0 Å². The molecule has 20 heavy (non-hydrogen) atoms. The van der Waals surface area contributed by atoms with Gasteiger partial charge in [-0.2, -0.15) is 0 Å². The number of hydrogen-bond acceptors (Lipinski definition) is 6. The molecule has 0 aliphatic rings. The zero-order valence-corrected chi connectivity index (χ0v) is 11.3. The highest BCUT2D eigenvalue weighted by molar-refractivity contribution is 5.89. The van der Waals surface area contributed by atoms with Gasteiger partial charge in [-0.1, -0.05) is 6.07 Å². The number of rotatable bonds is 5. The largest absolute Gasteiger partial charge is 0.504 e. The third kappa shape index (κ3) is 2.70. The number of ether oxygens (including phenoxy) is 2. The zero-order valence-electron chi connectivity index (χ0n) is 11.3. The fourth-order valence-corrected chi connectivity index (χ4v) is 1.77. The van der Waals surface area contributed by atoms with Crippen molar-refractivity contribution in [3.05, 3.63) is 28.6 Å². The molecule has 6 heteroatoms. The Bertz CT molecular complexity index is 658. The number of aromatic hydroxyl groups is 1. The average molecular weight is 280 g/mol. The van der Waals surface area contributed by atoms with E-state index in [1.807, 2.05) is 0 Å². The second-order valence-electron chi connectivity index (χ2n) is 4.44. The maximum atomic E-state index is 11.9. The van der Waals surface area contributed by atoms with Crippen molar-refractivity contribution >= 4 is 11.0 Å². The van der Waals surface area contributed by atoms with Gasteiger partial charge in [0.1, 0.15) is 6.61 Å². The van der Waals surface area contributed by atoms with Crippen LogP contribution in [0.25, 0.3) is 11.0 Å². The number of aliphatic hydroxyl groups is 1. The highest BCUT2D eigenvalue weighted by atomic mass is 16.5. The highest BCUT2D eigenvalue weighted by Crippen LogP contribution is 2.35. The summed E-state index contributed by atoms with van der Waals surface area (Å²) in [4.78, 5) is 11.9. The Balaban J connectivity index is 2.60. The number of fused-ring (bicyclic) bond motifs is 1. The summed E-state index contributed by atoms with van der Waals surface area (Å²) in [7, 11) is 0. The Morgan fingerprint density at radius 1 is 1.35 bits per heavy atom. The molecule has 0 bridgehead atoms. The number of hydrogen-bond donors (Lipinski definition) is 2. The van der Waals surface area contributed by atoms with Gasteiger partial charge in [0.15, 0.2) is 17.1 Å². The van der Waals surface area contributed by atoms with Crippen LogP contribution in [0.5, 0.6) is 17.2 Å². The van der Waals surface area contributed by atoms with Crippen molar-refractivity contribution in [1.82, 2.24) is 0 Å². The SMILES string of the molecule is CC(C)Oc1c(O)c2cccc(OCCO)c2oc1=O. The molecule has 0 fully saturated rings. The van der Waals surface area contributed by atoms with E-state index in [0.29, 0.717) is 5.39 Å². The molecule has 0 saturated carbocycles.